The molecule has 3 aliphatic rings. The molecule has 564 valence electrons. The number of aliphatic hydroxyl groups is 3. The fourth-order valence-electron chi connectivity index (χ4n) is 15.0. The Morgan fingerprint density at radius 2 is 0.661 bits per heavy atom. The molecule has 0 saturated carbocycles. The van der Waals surface area contributed by atoms with Crippen molar-refractivity contribution in [3.63, 3.8) is 0 Å². The van der Waals surface area contributed by atoms with Crippen LogP contribution in [0.5, 0.6) is 80.5 Å². The minimum atomic E-state index is -1.76. The Kier molecular flexibility index (Phi) is 21.6. The van der Waals surface area contributed by atoms with Crippen molar-refractivity contribution in [1.82, 2.24) is 0 Å². The predicted molar refractivity (Wildman–Crippen MR) is 421 cm³/mol. The highest BCUT2D eigenvalue weighted by Crippen LogP contribution is 2.63. The van der Waals surface area contributed by atoms with Gasteiger partial charge in [0.2, 0.25) is 0 Å². The molecule has 0 amide bonds. The Morgan fingerprint density at radius 1 is 0.304 bits per heavy atom. The van der Waals surface area contributed by atoms with Gasteiger partial charge in [0.15, 0.2) is 46.7 Å². The predicted octanol–water partition coefficient (Wildman–Crippen LogP) is 18.2. The molecular weight excluding hydrogens is 1410 g/mol. The molecule has 0 radical (unpaired) electrons. The molecule has 0 aliphatic carbocycles. The molecule has 0 aromatic heterocycles. The molecule has 17 nitrogen and oxygen atoms in total. The lowest BCUT2D eigenvalue weighted by Crippen LogP contribution is -2.38. The zero-order valence-electron chi connectivity index (χ0n) is 61.2. The zero-order valence-corrected chi connectivity index (χ0v) is 61.2. The number of aryl methyl sites for hydroxylation is 1. The topological polar surface area (TPSA) is 234 Å². The highest BCUT2D eigenvalue weighted by Gasteiger charge is 2.51. The first kappa shape index (κ1) is 73.1. The van der Waals surface area contributed by atoms with Crippen LogP contribution >= 0.6 is 0 Å². The van der Waals surface area contributed by atoms with Crippen LogP contribution in [0.3, 0.4) is 0 Å². The minimum Gasteiger partial charge on any atom is -0.507 e. The van der Waals surface area contributed by atoms with Gasteiger partial charge in [0.25, 0.3) is 0 Å². The van der Waals surface area contributed by atoms with E-state index in [-0.39, 0.29) is 103 Å². The Labute approximate surface area is 648 Å². The zero-order chi connectivity index (χ0) is 76.6. The first-order valence-corrected chi connectivity index (χ1v) is 37.3. The number of fused-ring (bicyclic) bond motifs is 3. The summed E-state index contributed by atoms with van der Waals surface area (Å²) in [5.74, 6) is -2.43. The van der Waals surface area contributed by atoms with E-state index in [0.29, 0.717) is 56.8 Å². The van der Waals surface area contributed by atoms with Crippen LogP contribution in [-0.4, -0.2) is 54.1 Å². The van der Waals surface area contributed by atoms with Gasteiger partial charge >= 0.3 is 0 Å². The average molecular weight is 1500 g/mol. The highest BCUT2D eigenvalue weighted by atomic mass is 16.5. The summed E-state index contributed by atoms with van der Waals surface area (Å²) in [6.45, 7) is 2.84. The summed E-state index contributed by atoms with van der Waals surface area (Å²) in [4.78, 5) is 0. The van der Waals surface area contributed by atoms with E-state index in [1.54, 1.807) is 54.6 Å². The monoisotopic (exact) mass is 1490 g/mol. The summed E-state index contributed by atoms with van der Waals surface area (Å²) < 4.78 is 68.2. The first-order valence-electron chi connectivity index (χ1n) is 37.3. The maximum atomic E-state index is 14.5. The normalized spacial score (nSPS) is 18.0. The molecule has 13 aromatic carbocycles. The Balaban J connectivity index is 0.909. The van der Waals surface area contributed by atoms with Gasteiger partial charge in [-0.1, -0.05) is 231 Å². The molecule has 3 aliphatic heterocycles. The van der Waals surface area contributed by atoms with Crippen molar-refractivity contribution in [2.45, 2.75) is 108 Å². The van der Waals surface area contributed by atoms with Gasteiger partial charge in [-0.3, -0.25) is 0 Å². The van der Waals surface area contributed by atoms with Crippen molar-refractivity contribution in [2.24, 2.45) is 0 Å². The van der Waals surface area contributed by atoms with Crippen LogP contribution in [0.2, 0.25) is 0 Å². The summed E-state index contributed by atoms with van der Waals surface area (Å²) in [7, 11) is 0. The van der Waals surface area contributed by atoms with E-state index in [0.717, 1.165) is 38.9 Å². The third-order valence-electron chi connectivity index (χ3n) is 20.6. The second-order valence-electron chi connectivity index (χ2n) is 28.2. The summed E-state index contributed by atoms with van der Waals surface area (Å²) in [6, 6.07) is 89.2. The molecule has 17 heteroatoms. The molecule has 0 bridgehead atoms. The molecule has 8 atom stereocenters. The van der Waals surface area contributed by atoms with E-state index < -0.39 is 71.5 Å². The molecule has 8 unspecified atom stereocenters. The van der Waals surface area contributed by atoms with E-state index in [9.17, 15) is 35.7 Å². The molecule has 0 spiro atoms. The summed E-state index contributed by atoms with van der Waals surface area (Å²) in [5.41, 5.74) is 8.01. The third-order valence-corrected chi connectivity index (χ3v) is 20.6. The van der Waals surface area contributed by atoms with Gasteiger partial charge in [-0.15, -0.1) is 0 Å². The van der Waals surface area contributed by atoms with Crippen LogP contribution in [0, 0.1) is 6.92 Å². The number of phenolic OH excluding ortho intramolecular Hbond substituents is 4. The number of benzene rings is 13. The quantitative estimate of drug-likeness (QED) is 0.0250. The first-order chi connectivity index (χ1) is 54.8. The van der Waals surface area contributed by atoms with E-state index in [2.05, 4.69) is 0 Å². The van der Waals surface area contributed by atoms with Crippen molar-refractivity contribution >= 4 is 0 Å². The van der Waals surface area contributed by atoms with Gasteiger partial charge in [-0.25, -0.2) is 0 Å². The van der Waals surface area contributed by atoms with Crippen molar-refractivity contribution in [1.29, 1.82) is 0 Å². The fraction of sp³-hybridized carbons (Fsp3) is 0.179. The largest absolute Gasteiger partial charge is 0.507 e. The molecule has 3 heterocycles. The van der Waals surface area contributed by atoms with Crippen LogP contribution in [-0.2, 0) is 52.7 Å². The summed E-state index contributed by atoms with van der Waals surface area (Å²) in [5, 5.41) is 91.1. The van der Waals surface area contributed by atoms with Crippen LogP contribution in [0.15, 0.2) is 291 Å². The lowest BCUT2D eigenvalue weighted by molar-refractivity contribution is -0.000117. The van der Waals surface area contributed by atoms with Gasteiger partial charge in [0, 0.05) is 52.4 Å². The van der Waals surface area contributed by atoms with Gasteiger partial charge in [0.1, 0.15) is 111 Å². The second-order valence-corrected chi connectivity index (χ2v) is 28.2. The van der Waals surface area contributed by atoms with E-state index in [1.165, 1.54) is 18.2 Å². The van der Waals surface area contributed by atoms with E-state index in [4.69, 9.17) is 47.4 Å². The number of hydrogen-bond donors (Lipinski definition) is 7. The number of aliphatic hydroxyl groups excluding tert-OH is 3. The molecule has 13 aromatic rings. The van der Waals surface area contributed by atoms with Gasteiger partial charge < -0.3 is 83.1 Å². The number of phenols is 4. The third kappa shape index (κ3) is 15.9. The minimum absolute atomic E-state index is 0.00222. The van der Waals surface area contributed by atoms with Crippen LogP contribution in [0.25, 0.3) is 0 Å². The maximum Gasteiger partial charge on any atom is 0.162 e. The average Bonchev–Trinajstić information content (AvgIpc) is 0.708. The second kappa shape index (κ2) is 33.0. The lowest BCUT2D eigenvalue weighted by atomic mass is 9.72. The number of rotatable bonds is 26. The highest BCUT2D eigenvalue weighted by molar-refractivity contribution is 5.72. The molecule has 7 N–H and O–H groups in total. The van der Waals surface area contributed by atoms with Crippen molar-refractivity contribution < 1.29 is 83.1 Å². The lowest BCUT2D eigenvalue weighted by Gasteiger charge is -2.43. The molecule has 16 rings (SSSR count). The summed E-state index contributed by atoms with van der Waals surface area (Å²) >= 11 is 0. The fourth-order valence-corrected chi connectivity index (χ4v) is 15.0. The number of hydrogen-bond acceptors (Lipinski definition) is 17. The van der Waals surface area contributed by atoms with Gasteiger partial charge in [0.05, 0.1) is 17.9 Å². The van der Waals surface area contributed by atoms with Gasteiger partial charge in [-0.2, -0.15) is 0 Å². The molecule has 0 saturated heterocycles. The van der Waals surface area contributed by atoms with Crippen molar-refractivity contribution in [3.05, 3.63) is 380 Å². The van der Waals surface area contributed by atoms with Crippen LogP contribution in [0.1, 0.15) is 119 Å². The SMILES string of the molecule is Cc1cc(OCc2ccccc2)cc2c1C(c1c(O)c(C3c4c(OCc5ccccc5)cc(OCc5ccccc5)cc4OC(c4ccc(OCc5ccccc5)c(OCc5ccccc5)c4)C3O)c(O)c3c1OC(c1ccc(O)c(O)c1)C(O)C3)C(O)C(c1ccc(OCc3ccccc3)c(OCc3ccccc3)c1)O2. The summed E-state index contributed by atoms with van der Waals surface area (Å²) in [6.07, 6.45) is -9.28. The van der Waals surface area contributed by atoms with Gasteiger partial charge in [-0.05, 0) is 111 Å². The Hall–Kier alpha value is -13.1. The van der Waals surface area contributed by atoms with Crippen LogP contribution in [0.4, 0.5) is 0 Å². The Bertz CT molecular complexity index is 5410. The Morgan fingerprint density at radius 3 is 1.08 bits per heavy atom. The number of ether oxygens (including phenoxy) is 10. The standard InChI is InChI=1S/C95H82O17/c1-58-43-69(103-51-59-23-9-2-10-24-59)48-80-82(58)84(90(101)93(110-80)67-38-41-75(105-53-61-27-13-4-14-28-61)77(45-67)107-55-63-31-17-6-18-32-63)87-89(100)86(88(99)71-50-74(98)92(112-95(71)87)66-37-40-72(96)73(97)44-66)85-83-79(109-57-65-35-21-8-22-36-65)47-70(104-52-60-25-11-3-12-26-60)49-81(83)111-94(91(85)102)68-39-42-76(106-54-62-29-15-5-16-30-62)78(46-68)108-56-64-33-19-7-20-34-64/h2-49,74,84-85,90-94,96-102H,50-57H2,1H3. The van der Waals surface area contributed by atoms with Crippen molar-refractivity contribution in [3.8, 4) is 80.5 Å². The smallest absolute Gasteiger partial charge is 0.162 e. The molecular formula is C95H82O17. The molecule has 112 heavy (non-hydrogen) atoms. The van der Waals surface area contributed by atoms with Crippen LogP contribution < -0.4 is 47.4 Å². The van der Waals surface area contributed by atoms with Crippen molar-refractivity contribution in [2.75, 3.05) is 0 Å². The molecule has 0 fully saturated rings. The van der Waals surface area contributed by atoms with E-state index >= 15 is 0 Å². The maximum absolute atomic E-state index is 14.5. The number of aromatic hydroxyl groups is 4. The van der Waals surface area contributed by atoms with E-state index in [1.807, 2.05) is 225 Å².